The smallest absolute Gasteiger partial charge is 0.279 e. The SMILES string of the molecule is CCc1ccccc1CNS(=O)(=O)N1CCCC(CO)C1. The van der Waals surface area contributed by atoms with Crippen molar-refractivity contribution in [1.82, 2.24) is 9.03 Å². The van der Waals surface area contributed by atoms with E-state index < -0.39 is 10.2 Å². The van der Waals surface area contributed by atoms with Gasteiger partial charge in [-0.25, -0.2) is 0 Å². The zero-order chi connectivity index (χ0) is 15.3. The number of nitrogens with zero attached hydrogens (tertiary/aromatic N) is 1. The van der Waals surface area contributed by atoms with Crippen molar-refractivity contribution < 1.29 is 13.5 Å². The predicted molar refractivity (Wildman–Crippen MR) is 83.0 cm³/mol. The second kappa shape index (κ2) is 7.35. The van der Waals surface area contributed by atoms with Gasteiger partial charge in [-0.05, 0) is 36.3 Å². The Hall–Kier alpha value is -0.950. The largest absolute Gasteiger partial charge is 0.396 e. The van der Waals surface area contributed by atoms with Crippen molar-refractivity contribution in [2.75, 3.05) is 19.7 Å². The quantitative estimate of drug-likeness (QED) is 0.831. The van der Waals surface area contributed by atoms with Crippen molar-refractivity contribution >= 4 is 10.2 Å². The molecule has 21 heavy (non-hydrogen) atoms. The number of aryl methyl sites for hydroxylation is 1. The van der Waals surface area contributed by atoms with Gasteiger partial charge in [-0.1, -0.05) is 31.2 Å². The van der Waals surface area contributed by atoms with Gasteiger partial charge < -0.3 is 5.11 Å². The molecule has 0 aromatic heterocycles. The van der Waals surface area contributed by atoms with E-state index in [0.717, 1.165) is 30.4 Å². The number of benzene rings is 1. The average Bonchev–Trinajstić information content (AvgIpc) is 2.53. The Labute approximate surface area is 127 Å². The fourth-order valence-corrected chi connectivity index (χ4v) is 4.03. The Morgan fingerprint density at radius 3 is 2.71 bits per heavy atom. The molecule has 118 valence electrons. The zero-order valence-electron chi connectivity index (χ0n) is 12.5. The monoisotopic (exact) mass is 312 g/mol. The van der Waals surface area contributed by atoms with Gasteiger partial charge in [-0.15, -0.1) is 0 Å². The van der Waals surface area contributed by atoms with Crippen LogP contribution in [0, 0.1) is 5.92 Å². The van der Waals surface area contributed by atoms with Crippen LogP contribution in [-0.2, 0) is 23.2 Å². The Morgan fingerprint density at radius 1 is 1.33 bits per heavy atom. The highest BCUT2D eigenvalue weighted by molar-refractivity contribution is 7.87. The van der Waals surface area contributed by atoms with Crippen molar-refractivity contribution in [2.45, 2.75) is 32.7 Å². The predicted octanol–water partition coefficient (Wildman–Crippen LogP) is 1.29. The van der Waals surface area contributed by atoms with Gasteiger partial charge >= 0.3 is 0 Å². The van der Waals surface area contributed by atoms with Crippen LogP contribution >= 0.6 is 0 Å². The van der Waals surface area contributed by atoms with Crippen LogP contribution in [0.5, 0.6) is 0 Å². The number of aliphatic hydroxyl groups is 1. The second-order valence-electron chi connectivity index (χ2n) is 5.50. The number of piperidine rings is 1. The van der Waals surface area contributed by atoms with Crippen LogP contribution in [0.4, 0.5) is 0 Å². The van der Waals surface area contributed by atoms with Crippen LogP contribution in [0.3, 0.4) is 0 Å². The minimum Gasteiger partial charge on any atom is -0.396 e. The van der Waals surface area contributed by atoms with Gasteiger partial charge in [0.25, 0.3) is 10.2 Å². The molecule has 1 aliphatic rings. The van der Waals surface area contributed by atoms with Gasteiger partial charge in [0, 0.05) is 26.2 Å². The van der Waals surface area contributed by atoms with E-state index in [9.17, 15) is 13.5 Å². The number of rotatable bonds is 6. The first-order valence-electron chi connectivity index (χ1n) is 7.49. The molecule has 0 aliphatic carbocycles. The van der Waals surface area contributed by atoms with E-state index in [2.05, 4.69) is 11.6 Å². The molecule has 2 rings (SSSR count). The van der Waals surface area contributed by atoms with Crippen molar-refractivity contribution in [3.63, 3.8) is 0 Å². The van der Waals surface area contributed by atoms with Crippen molar-refractivity contribution in [1.29, 1.82) is 0 Å². The summed E-state index contributed by atoms with van der Waals surface area (Å²) in [6, 6.07) is 7.86. The van der Waals surface area contributed by atoms with Gasteiger partial charge in [0.05, 0.1) is 0 Å². The first kappa shape index (κ1) is 16.4. The lowest BCUT2D eigenvalue weighted by Gasteiger charge is -2.31. The summed E-state index contributed by atoms with van der Waals surface area (Å²) in [6.07, 6.45) is 2.58. The molecule has 1 saturated heterocycles. The number of aliphatic hydroxyl groups excluding tert-OH is 1. The van der Waals surface area contributed by atoms with Crippen molar-refractivity contribution in [2.24, 2.45) is 5.92 Å². The average molecular weight is 312 g/mol. The van der Waals surface area contributed by atoms with E-state index in [1.807, 2.05) is 24.3 Å². The summed E-state index contributed by atoms with van der Waals surface area (Å²) < 4.78 is 28.8. The molecule has 1 fully saturated rings. The highest BCUT2D eigenvalue weighted by Crippen LogP contribution is 2.18. The van der Waals surface area contributed by atoms with Gasteiger partial charge in [-0.3, -0.25) is 0 Å². The maximum absolute atomic E-state index is 12.4. The second-order valence-corrected chi connectivity index (χ2v) is 7.25. The molecule has 0 amide bonds. The normalized spacial score (nSPS) is 20.6. The summed E-state index contributed by atoms with van der Waals surface area (Å²) in [4.78, 5) is 0. The lowest BCUT2D eigenvalue weighted by atomic mass is 10.0. The van der Waals surface area contributed by atoms with Crippen molar-refractivity contribution in [3.8, 4) is 0 Å². The zero-order valence-corrected chi connectivity index (χ0v) is 13.3. The molecule has 5 nitrogen and oxygen atoms in total. The summed E-state index contributed by atoms with van der Waals surface area (Å²) in [6.45, 7) is 3.35. The fraction of sp³-hybridized carbons (Fsp3) is 0.600. The fourth-order valence-electron chi connectivity index (χ4n) is 2.73. The third kappa shape index (κ3) is 4.26. The summed E-state index contributed by atoms with van der Waals surface area (Å²) in [5.41, 5.74) is 2.17. The van der Waals surface area contributed by atoms with Crippen LogP contribution in [0.25, 0.3) is 0 Å². The van der Waals surface area contributed by atoms with Crippen LogP contribution in [-0.4, -0.2) is 37.5 Å². The van der Waals surface area contributed by atoms with E-state index in [0.29, 0.717) is 19.6 Å². The lowest BCUT2D eigenvalue weighted by molar-refractivity contribution is 0.164. The van der Waals surface area contributed by atoms with Crippen LogP contribution in [0.15, 0.2) is 24.3 Å². The molecule has 1 atom stereocenters. The highest BCUT2D eigenvalue weighted by Gasteiger charge is 2.28. The molecule has 1 unspecified atom stereocenters. The maximum Gasteiger partial charge on any atom is 0.279 e. The van der Waals surface area contributed by atoms with E-state index in [1.54, 1.807) is 0 Å². The summed E-state index contributed by atoms with van der Waals surface area (Å²) in [5, 5.41) is 9.21. The molecule has 1 aliphatic heterocycles. The topological polar surface area (TPSA) is 69.6 Å². The molecular weight excluding hydrogens is 288 g/mol. The van der Waals surface area contributed by atoms with Gasteiger partial charge in [0.1, 0.15) is 0 Å². The van der Waals surface area contributed by atoms with Crippen LogP contribution < -0.4 is 4.72 Å². The minimum absolute atomic E-state index is 0.0463. The standard InChI is InChI=1S/C15H24N2O3S/c1-2-14-7-3-4-8-15(14)10-16-21(19,20)17-9-5-6-13(11-17)12-18/h3-4,7-8,13,16,18H,2,5-6,9-12H2,1H3. The molecule has 1 aromatic rings. The maximum atomic E-state index is 12.4. The number of nitrogens with one attached hydrogen (secondary N) is 1. The van der Waals surface area contributed by atoms with Gasteiger partial charge in [0.2, 0.25) is 0 Å². The molecule has 0 radical (unpaired) electrons. The molecule has 0 bridgehead atoms. The Balaban J connectivity index is 2.01. The molecule has 0 spiro atoms. The Kier molecular flexibility index (Phi) is 5.75. The third-order valence-electron chi connectivity index (χ3n) is 4.02. The number of hydrogen-bond acceptors (Lipinski definition) is 3. The summed E-state index contributed by atoms with van der Waals surface area (Å²) in [7, 11) is -3.48. The number of hydrogen-bond donors (Lipinski definition) is 2. The van der Waals surface area contributed by atoms with Gasteiger partial charge in [0.15, 0.2) is 0 Å². The molecule has 0 saturated carbocycles. The molecule has 1 heterocycles. The first-order chi connectivity index (χ1) is 10.1. The van der Waals surface area contributed by atoms with Crippen LogP contribution in [0.1, 0.15) is 30.9 Å². The molecule has 1 aromatic carbocycles. The Bertz CT molecular complexity index is 560. The first-order valence-corrected chi connectivity index (χ1v) is 8.93. The van der Waals surface area contributed by atoms with Gasteiger partial charge in [-0.2, -0.15) is 17.4 Å². The molecule has 2 N–H and O–H groups in total. The van der Waals surface area contributed by atoms with Crippen molar-refractivity contribution in [3.05, 3.63) is 35.4 Å². The van der Waals surface area contributed by atoms with Crippen LogP contribution in [0.2, 0.25) is 0 Å². The van der Waals surface area contributed by atoms with E-state index in [1.165, 1.54) is 4.31 Å². The lowest BCUT2D eigenvalue weighted by Crippen LogP contribution is -2.46. The minimum atomic E-state index is -3.48. The van der Waals surface area contributed by atoms with E-state index >= 15 is 0 Å². The van der Waals surface area contributed by atoms with E-state index in [4.69, 9.17) is 0 Å². The highest BCUT2D eigenvalue weighted by atomic mass is 32.2. The molecular formula is C15H24N2O3S. The summed E-state index contributed by atoms with van der Waals surface area (Å²) >= 11 is 0. The van der Waals surface area contributed by atoms with E-state index in [-0.39, 0.29) is 12.5 Å². The summed E-state index contributed by atoms with van der Waals surface area (Å²) in [5.74, 6) is 0.0539. The Morgan fingerprint density at radius 2 is 2.05 bits per heavy atom. The third-order valence-corrected chi connectivity index (χ3v) is 5.54. The molecule has 6 heteroatoms.